The van der Waals surface area contributed by atoms with E-state index in [1.807, 2.05) is 66.9 Å². The average molecular weight is 623 g/mol. The van der Waals surface area contributed by atoms with Crippen molar-refractivity contribution in [3.63, 3.8) is 0 Å². The number of hydrogen-bond acceptors (Lipinski definition) is 9. The van der Waals surface area contributed by atoms with Crippen LogP contribution in [0.4, 0.5) is 5.13 Å². The molecule has 1 amide bonds. The molecule has 0 saturated carbocycles. The highest BCUT2D eigenvalue weighted by Gasteiger charge is 2.30. The lowest BCUT2D eigenvalue weighted by Gasteiger charge is -2.30. The van der Waals surface area contributed by atoms with E-state index in [1.54, 1.807) is 20.3 Å². The van der Waals surface area contributed by atoms with E-state index in [-0.39, 0.29) is 0 Å². The first kappa shape index (κ1) is 30.2. The van der Waals surface area contributed by atoms with Gasteiger partial charge in [0.1, 0.15) is 0 Å². The van der Waals surface area contributed by atoms with Crippen molar-refractivity contribution in [2.75, 3.05) is 26.1 Å². The molecule has 0 spiro atoms. The minimum absolute atomic E-state index is 0.302. The van der Waals surface area contributed by atoms with Gasteiger partial charge < -0.3 is 14.2 Å². The molecule has 0 saturated heterocycles. The van der Waals surface area contributed by atoms with E-state index >= 15 is 0 Å². The van der Waals surface area contributed by atoms with Crippen LogP contribution in [-0.4, -0.2) is 53.6 Å². The standard InChI is InChI=1S/C35H34N4O5S/c1-4-29(33(40)38-35-37-28(21-45-35)23-14-15-30(42-2)31(18-23)43-3)44-34(41)32-24-12-8-9-13-26(24)36-27-16-17-39(20-25(27)32)19-22-10-6-5-7-11-22/h5-15,18,21,29H,4,16-17,19-20H2,1-3H3,(H,37,38,40). The first-order chi connectivity index (χ1) is 22.0. The SMILES string of the molecule is CCC(OC(=O)c1c2c(nc3ccccc13)CCN(Cc1ccccc1)C2)C(=O)Nc1nc(-c2ccc(OC)c(OC)c2)cs1. The number of fused-ring (bicyclic) bond motifs is 2. The van der Waals surface area contributed by atoms with Crippen LogP contribution in [0.1, 0.15) is 40.5 Å². The van der Waals surface area contributed by atoms with Crippen LogP contribution in [0.3, 0.4) is 0 Å². The molecule has 1 atom stereocenters. The van der Waals surface area contributed by atoms with E-state index in [1.165, 1.54) is 16.9 Å². The Hall–Kier alpha value is -4.80. The molecule has 0 fully saturated rings. The van der Waals surface area contributed by atoms with Crippen molar-refractivity contribution in [3.05, 3.63) is 101 Å². The summed E-state index contributed by atoms with van der Waals surface area (Å²) in [6.07, 6.45) is 0.0198. The molecule has 10 heteroatoms. The molecule has 3 aromatic carbocycles. The highest BCUT2D eigenvalue weighted by Crippen LogP contribution is 2.34. The smallest absolute Gasteiger partial charge is 0.340 e. The number of ether oxygens (including phenoxy) is 3. The minimum Gasteiger partial charge on any atom is -0.493 e. The molecule has 230 valence electrons. The van der Waals surface area contributed by atoms with Gasteiger partial charge in [-0.2, -0.15) is 0 Å². The predicted molar refractivity (Wildman–Crippen MR) is 175 cm³/mol. The molecule has 1 unspecified atom stereocenters. The molecule has 2 aromatic heterocycles. The fourth-order valence-corrected chi connectivity index (χ4v) is 6.33. The van der Waals surface area contributed by atoms with E-state index in [2.05, 4.69) is 27.3 Å². The number of benzene rings is 3. The second-order valence-electron chi connectivity index (χ2n) is 10.8. The summed E-state index contributed by atoms with van der Waals surface area (Å²) >= 11 is 1.29. The van der Waals surface area contributed by atoms with Gasteiger partial charge in [-0.25, -0.2) is 9.78 Å². The van der Waals surface area contributed by atoms with Crippen molar-refractivity contribution in [2.24, 2.45) is 0 Å². The summed E-state index contributed by atoms with van der Waals surface area (Å²) in [5, 5.41) is 5.81. The Morgan fingerprint density at radius 3 is 2.53 bits per heavy atom. The lowest BCUT2D eigenvalue weighted by Crippen LogP contribution is -2.34. The number of esters is 1. The molecule has 1 aliphatic rings. The Labute approximate surface area is 265 Å². The number of nitrogens with one attached hydrogen (secondary N) is 1. The van der Waals surface area contributed by atoms with E-state index in [9.17, 15) is 9.59 Å². The lowest BCUT2D eigenvalue weighted by atomic mass is 9.95. The Morgan fingerprint density at radius 2 is 1.76 bits per heavy atom. The van der Waals surface area contributed by atoms with Crippen LogP contribution in [0, 0.1) is 0 Å². The van der Waals surface area contributed by atoms with Gasteiger partial charge in [-0.15, -0.1) is 11.3 Å². The highest BCUT2D eigenvalue weighted by atomic mass is 32.1. The summed E-state index contributed by atoms with van der Waals surface area (Å²) in [6.45, 7) is 3.98. The van der Waals surface area contributed by atoms with Crippen LogP contribution in [0.15, 0.2) is 78.2 Å². The number of methoxy groups -OCH3 is 2. The first-order valence-electron chi connectivity index (χ1n) is 14.8. The van der Waals surface area contributed by atoms with Gasteiger partial charge in [0.15, 0.2) is 22.7 Å². The van der Waals surface area contributed by atoms with Gasteiger partial charge in [-0.3, -0.25) is 20.0 Å². The molecule has 3 heterocycles. The third-order valence-corrected chi connectivity index (χ3v) is 8.66. The normalized spacial score (nSPS) is 13.6. The van der Waals surface area contributed by atoms with Gasteiger partial charge in [0.05, 0.1) is 31.0 Å². The van der Waals surface area contributed by atoms with Crippen molar-refractivity contribution in [1.29, 1.82) is 0 Å². The molecule has 0 radical (unpaired) electrons. The van der Waals surface area contributed by atoms with Crippen LogP contribution in [0.2, 0.25) is 0 Å². The zero-order chi connectivity index (χ0) is 31.3. The summed E-state index contributed by atoms with van der Waals surface area (Å²) in [7, 11) is 3.16. The molecule has 1 N–H and O–H groups in total. The van der Waals surface area contributed by atoms with Crippen LogP contribution in [-0.2, 0) is 29.0 Å². The van der Waals surface area contributed by atoms with E-state index < -0.39 is 18.0 Å². The van der Waals surface area contributed by atoms with Gasteiger partial charge in [-0.05, 0) is 36.2 Å². The maximum absolute atomic E-state index is 13.9. The summed E-state index contributed by atoms with van der Waals surface area (Å²) in [4.78, 5) is 39.1. The minimum atomic E-state index is -1.00. The van der Waals surface area contributed by atoms with Gasteiger partial charge in [-0.1, -0.05) is 55.5 Å². The molecule has 45 heavy (non-hydrogen) atoms. The summed E-state index contributed by atoms with van der Waals surface area (Å²) < 4.78 is 16.7. The van der Waals surface area contributed by atoms with Crippen molar-refractivity contribution in [2.45, 2.75) is 39.0 Å². The highest BCUT2D eigenvalue weighted by molar-refractivity contribution is 7.14. The Balaban J connectivity index is 1.21. The molecule has 1 aliphatic heterocycles. The van der Waals surface area contributed by atoms with Gasteiger partial charge in [0, 0.05) is 53.6 Å². The molecule has 0 aliphatic carbocycles. The number of carbonyl (C=O) groups excluding carboxylic acids is 2. The van der Waals surface area contributed by atoms with Crippen molar-refractivity contribution in [1.82, 2.24) is 14.9 Å². The van der Waals surface area contributed by atoms with Gasteiger partial charge in [0.2, 0.25) is 0 Å². The maximum atomic E-state index is 13.9. The summed E-state index contributed by atoms with van der Waals surface area (Å²) in [6, 6.07) is 23.4. The molecule has 9 nitrogen and oxygen atoms in total. The second-order valence-corrected chi connectivity index (χ2v) is 11.6. The Morgan fingerprint density at radius 1 is 0.978 bits per heavy atom. The van der Waals surface area contributed by atoms with Gasteiger partial charge in [0.25, 0.3) is 5.91 Å². The monoisotopic (exact) mass is 622 g/mol. The van der Waals surface area contributed by atoms with Crippen molar-refractivity contribution < 1.29 is 23.8 Å². The largest absolute Gasteiger partial charge is 0.493 e. The summed E-state index contributed by atoms with van der Waals surface area (Å²) in [5.74, 6) is 0.237. The van der Waals surface area contributed by atoms with Crippen LogP contribution < -0.4 is 14.8 Å². The van der Waals surface area contributed by atoms with Crippen molar-refractivity contribution in [3.8, 4) is 22.8 Å². The quantitative estimate of drug-likeness (QED) is 0.176. The molecule has 6 rings (SSSR count). The van der Waals surface area contributed by atoms with E-state index in [4.69, 9.17) is 19.2 Å². The van der Waals surface area contributed by atoms with Crippen LogP contribution >= 0.6 is 11.3 Å². The number of nitrogens with zero attached hydrogens (tertiary/aromatic N) is 3. The first-order valence-corrected chi connectivity index (χ1v) is 15.7. The zero-order valence-electron chi connectivity index (χ0n) is 25.4. The molecule has 5 aromatic rings. The Bertz CT molecular complexity index is 1840. The van der Waals surface area contributed by atoms with Crippen molar-refractivity contribution >= 4 is 39.2 Å². The molecular weight excluding hydrogens is 588 g/mol. The Kier molecular flexibility index (Phi) is 9.04. The summed E-state index contributed by atoms with van der Waals surface area (Å²) in [5.41, 5.74) is 5.67. The third kappa shape index (κ3) is 6.52. The molecule has 0 bridgehead atoms. The topological polar surface area (TPSA) is 103 Å². The average Bonchev–Trinajstić information content (AvgIpc) is 3.54. The number of pyridine rings is 1. The maximum Gasteiger partial charge on any atom is 0.340 e. The fraction of sp³-hybridized carbons (Fsp3) is 0.257. The lowest BCUT2D eigenvalue weighted by molar-refractivity contribution is -0.124. The number of amides is 1. The fourth-order valence-electron chi connectivity index (χ4n) is 5.61. The third-order valence-electron chi connectivity index (χ3n) is 7.90. The van der Waals surface area contributed by atoms with E-state index in [0.717, 1.165) is 47.2 Å². The number of anilines is 1. The predicted octanol–water partition coefficient (Wildman–Crippen LogP) is 6.51. The molecular formula is C35H34N4O5S. The van der Waals surface area contributed by atoms with Gasteiger partial charge >= 0.3 is 5.97 Å². The number of aromatic nitrogens is 2. The number of para-hydroxylation sites is 1. The number of thiazole rings is 1. The number of rotatable bonds is 10. The number of hydrogen-bond donors (Lipinski definition) is 1. The number of carbonyl (C=O) groups is 2. The van der Waals surface area contributed by atoms with Crippen LogP contribution in [0.25, 0.3) is 22.2 Å². The van der Waals surface area contributed by atoms with E-state index in [0.29, 0.717) is 40.9 Å². The zero-order valence-corrected chi connectivity index (χ0v) is 26.2. The van der Waals surface area contributed by atoms with Crippen LogP contribution in [0.5, 0.6) is 11.5 Å². The second kappa shape index (κ2) is 13.5.